The number of benzene rings is 1. The van der Waals surface area contributed by atoms with Crippen LogP contribution >= 0.6 is 11.8 Å². The molecule has 0 saturated heterocycles. The molecule has 206 valence electrons. The topological polar surface area (TPSA) is 117 Å². The van der Waals surface area contributed by atoms with Crippen LogP contribution in [0.3, 0.4) is 0 Å². The quantitative estimate of drug-likeness (QED) is 0.228. The molecule has 0 N–H and O–H groups in total. The number of aromatic nitrogens is 2. The fraction of sp³-hybridized carbons (Fsp3) is 0.370. The van der Waals surface area contributed by atoms with Gasteiger partial charge in [0.15, 0.2) is 11.6 Å². The SMILES string of the molecule is COCCN(Cc1ccc(C2Cc3nccc(Oc4ccc([N+](=O)[O-])cc4F)c3S2)nc1)C(=O)OC(C)(C)C. The molecule has 1 aliphatic heterocycles. The van der Waals surface area contributed by atoms with Gasteiger partial charge in [0.25, 0.3) is 5.69 Å². The molecule has 0 saturated carbocycles. The summed E-state index contributed by atoms with van der Waals surface area (Å²) in [7, 11) is 1.58. The maximum atomic E-state index is 14.4. The van der Waals surface area contributed by atoms with Crippen LogP contribution in [-0.4, -0.2) is 51.7 Å². The number of ether oxygens (including phenoxy) is 3. The van der Waals surface area contributed by atoms with Gasteiger partial charge in [0.05, 0.1) is 45.7 Å². The normalized spacial score (nSPS) is 14.5. The summed E-state index contributed by atoms with van der Waals surface area (Å²) in [6.07, 6.45) is 3.50. The van der Waals surface area contributed by atoms with Gasteiger partial charge in [0.2, 0.25) is 0 Å². The monoisotopic (exact) mass is 556 g/mol. The minimum Gasteiger partial charge on any atom is -0.453 e. The maximum Gasteiger partial charge on any atom is 0.410 e. The number of hydrogen-bond donors (Lipinski definition) is 0. The Kier molecular flexibility index (Phi) is 8.66. The molecule has 2 aromatic heterocycles. The Balaban J connectivity index is 1.45. The molecule has 1 unspecified atom stereocenters. The molecule has 3 aromatic rings. The first-order valence-corrected chi connectivity index (χ1v) is 13.1. The molecule has 3 heterocycles. The lowest BCUT2D eigenvalue weighted by Crippen LogP contribution is -2.38. The van der Waals surface area contributed by atoms with Crippen molar-refractivity contribution in [3.05, 3.63) is 81.7 Å². The van der Waals surface area contributed by atoms with E-state index in [-0.39, 0.29) is 16.7 Å². The molecule has 0 bridgehead atoms. The molecular weight excluding hydrogens is 527 g/mol. The van der Waals surface area contributed by atoms with Crippen LogP contribution in [0, 0.1) is 15.9 Å². The Hall–Kier alpha value is -3.77. The molecule has 1 amide bonds. The summed E-state index contributed by atoms with van der Waals surface area (Å²) in [5.74, 6) is -0.510. The van der Waals surface area contributed by atoms with Crippen molar-refractivity contribution in [2.75, 3.05) is 20.3 Å². The molecule has 1 atom stereocenters. The van der Waals surface area contributed by atoms with E-state index in [1.807, 2.05) is 32.9 Å². The summed E-state index contributed by atoms with van der Waals surface area (Å²) < 4.78 is 30.9. The second kappa shape index (κ2) is 12.0. The van der Waals surface area contributed by atoms with Crippen molar-refractivity contribution in [2.24, 2.45) is 0 Å². The number of carbonyl (C=O) groups is 1. The molecular formula is C27H29FN4O6S. The van der Waals surface area contributed by atoms with Gasteiger partial charge in [-0.05, 0) is 38.5 Å². The molecule has 1 aromatic carbocycles. The Morgan fingerprint density at radius 3 is 2.64 bits per heavy atom. The number of halogens is 1. The van der Waals surface area contributed by atoms with Crippen LogP contribution in [0.15, 0.2) is 53.7 Å². The number of fused-ring (bicyclic) bond motifs is 1. The average Bonchev–Trinajstić information content (AvgIpc) is 3.32. The Morgan fingerprint density at radius 1 is 1.21 bits per heavy atom. The predicted octanol–water partition coefficient (Wildman–Crippen LogP) is 6.09. The van der Waals surface area contributed by atoms with E-state index in [0.29, 0.717) is 31.9 Å². The van der Waals surface area contributed by atoms with Gasteiger partial charge >= 0.3 is 6.09 Å². The van der Waals surface area contributed by atoms with Gasteiger partial charge in [-0.1, -0.05) is 6.07 Å². The van der Waals surface area contributed by atoms with E-state index < -0.39 is 22.4 Å². The molecule has 10 nitrogen and oxygen atoms in total. The largest absolute Gasteiger partial charge is 0.453 e. The highest BCUT2D eigenvalue weighted by atomic mass is 32.2. The lowest BCUT2D eigenvalue weighted by Gasteiger charge is -2.27. The molecule has 0 spiro atoms. The zero-order chi connectivity index (χ0) is 28.2. The predicted molar refractivity (Wildman–Crippen MR) is 142 cm³/mol. The number of rotatable bonds is 9. The number of methoxy groups -OCH3 is 1. The van der Waals surface area contributed by atoms with Crippen LogP contribution in [0.5, 0.6) is 11.5 Å². The Bertz CT molecular complexity index is 1350. The fourth-order valence-corrected chi connectivity index (χ4v) is 5.14. The number of non-ortho nitro benzene ring substituents is 1. The van der Waals surface area contributed by atoms with Gasteiger partial charge in [-0.25, -0.2) is 9.18 Å². The van der Waals surface area contributed by atoms with Gasteiger partial charge in [-0.15, -0.1) is 11.8 Å². The number of carbonyl (C=O) groups excluding carboxylic acids is 1. The minimum atomic E-state index is -0.822. The van der Waals surface area contributed by atoms with Gasteiger partial charge in [0, 0.05) is 44.6 Å². The molecule has 0 fully saturated rings. The van der Waals surface area contributed by atoms with Crippen molar-refractivity contribution >= 4 is 23.5 Å². The second-order valence-corrected chi connectivity index (χ2v) is 11.1. The summed E-state index contributed by atoms with van der Waals surface area (Å²) in [5, 5.41) is 10.9. The molecule has 0 radical (unpaired) electrons. The van der Waals surface area contributed by atoms with Crippen molar-refractivity contribution in [1.29, 1.82) is 0 Å². The number of thioether (sulfide) groups is 1. The van der Waals surface area contributed by atoms with E-state index in [9.17, 15) is 19.3 Å². The first-order valence-electron chi connectivity index (χ1n) is 12.2. The summed E-state index contributed by atoms with van der Waals surface area (Å²) in [5.41, 5.74) is 1.51. The van der Waals surface area contributed by atoms with E-state index >= 15 is 0 Å². The molecule has 39 heavy (non-hydrogen) atoms. The van der Waals surface area contributed by atoms with Crippen LogP contribution in [0.4, 0.5) is 14.9 Å². The molecule has 12 heteroatoms. The van der Waals surface area contributed by atoms with Gasteiger partial charge in [-0.2, -0.15) is 0 Å². The zero-order valence-electron chi connectivity index (χ0n) is 22.0. The molecule has 0 aliphatic carbocycles. The van der Waals surface area contributed by atoms with Crippen LogP contribution < -0.4 is 4.74 Å². The summed E-state index contributed by atoms with van der Waals surface area (Å²) in [6.45, 7) is 6.54. The van der Waals surface area contributed by atoms with Crippen molar-refractivity contribution in [2.45, 2.75) is 49.5 Å². The third kappa shape index (κ3) is 7.21. The summed E-state index contributed by atoms with van der Waals surface area (Å²) >= 11 is 1.51. The van der Waals surface area contributed by atoms with Crippen LogP contribution in [0.2, 0.25) is 0 Å². The van der Waals surface area contributed by atoms with Gasteiger partial charge < -0.3 is 19.1 Å². The van der Waals surface area contributed by atoms with Gasteiger partial charge in [0.1, 0.15) is 11.4 Å². The number of nitro groups is 1. The van der Waals surface area contributed by atoms with Crippen molar-refractivity contribution in [3.63, 3.8) is 0 Å². The van der Waals surface area contributed by atoms with Crippen LogP contribution in [0.1, 0.15) is 43.0 Å². The fourth-order valence-electron chi connectivity index (χ4n) is 3.86. The second-order valence-electron chi connectivity index (χ2n) is 9.86. The highest BCUT2D eigenvalue weighted by Crippen LogP contribution is 2.50. The Morgan fingerprint density at radius 2 is 2.00 bits per heavy atom. The third-order valence-electron chi connectivity index (χ3n) is 5.70. The van der Waals surface area contributed by atoms with E-state index in [4.69, 9.17) is 14.2 Å². The van der Waals surface area contributed by atoms with E-state index in [1.54, 1.807) is 30.5 Å². The molecule has 4 rings (SSSR count). The lowest BCUT2D eigenvalue weighted by atomic mass is 10.1. The number of amides is 1. The summed E-state index contributed by atoms with van der Waals surface area (Å²) in [6, 6.07) is 8.74. The highest BCUT2D eigenvalue weighted by molar-refractivity contribution is 8.00. The Labute approximate surface area is 229 Å². The number of hydrogen-bond acceptors (Lipinski definition) is 9. The third-order valence-corrected chi connectivity index (χ3v) is 7.06. The zero-order valence-corrected chi connectivity index (χ0v) is 22.9. The van der Waals surface area contributed by atoms with Gasteiger partial charge in [-0.3, -0.25) is 20.1 Å². The lowest BCUT2D eigenvalue weighted by molar-refractivity contribution is -0.385. The van der Waals surface area contributed by atoms with Crippen LogP contribution in [-0.2, 0) is 22.4 Å². The highest BCUT2D eigenvalue weighted by Gasteiger charge is 2.30. The maximum absolute atomic E-state index is 14.4. The number of nitro benzene ring substituents is 1. The minimum absolute atomic E-state index is 0.0385. The molecule has 1 aliphatic rings. The van der Waals surface area contributed by atoms with E-state index in [1.165, 1.54) is 23.9 Å². The van der Waals surface area contributed by atoms with E-state index in [2.05, 4.69) is 9.97 Å². The smallest absolute Gasteiger partial charge is 0.410 e. The number of nitrogens with zero attached hydrogens (tertiary/aromatic N) is 4. The van der Waals surface area contributed by atoms with Crippen LogP contribution in [0.25, 0.3) is 0 Å². The van der Waals surface area contributed by atoms with Crippen molar-refractivity contribution in [1.82, 2.24) is 14.9 Å². The van der Waals surface area contributed by atoms with Crippen molar-refractivity contribution < 1.29 is 28.3 Å². The average molecular weight is 557 g/mol. The van der Waals surface area contributed by atoms with E-state index in [0.717, 1.165) is 27.9 Å². The first-order chi connectivity index (χ1) is 18.5. The van der Waals surface area contributed by atoms with Crippen molar-refractivity contribution in [3.8, 4) is 11.5 Å². The standard InChI is InChI=1S/C27H29FN4O6S/c1-27(2,3)38-26(33)31(11-12-36-4)16-17-5-7-20(30-15-17)24-14-21-25(39-24)23(9-10-29-21)37-22-8-6-18(32(34)35)13-19(22)28/h5-10,13,15,24H,11-12,14,16H2,1-4H3. The first kappa shape index (κ1) is 28.2. The number of pyridine rings is 2. The summed E-state index contributed by atoms with van der Waals surface area (Å²) in [4.78, 5) is 34.3.